The van der Waals surface area contributed by atoms with Crippen molar-refractivity contribution in [1.82, 2.24) is 9.62 Å². The summed E-state index contributed by atoms with van der Waals surface area (Å²) < 4.78 is 76.9. The third-order valence-corrected chi connectivity index (χ3v) is 11.2. The highest BCUT2D eigenvalue weighted by Crippen LogP contribution is 2.44. The first kappa shape index (κ1) is 36.6. The fourth-order valence-electron chi connectivity index (χ4n) is 5.53. The van der Waals surface area contributed by atoms with Gasteiger partial charge in [-0.15, -0.1) is 11.3 Å². The number of nitrogen functional groups attached to an aromatic ring is 1. The highest BCUT2D eigenvalue weighted by Gasteiger charge is 2.45. The molecule has 4 N–H and O–H groups in total. The number of methoxy groups -OCH3 is 1. The smallest absolute Gasteiger partial charge is 0.407 e. The van der Waals surface area contributed by atoms with Crippen LogP contribution in [0.15, 0.2) is 102 Å². The minimum absolute atomic E-state index is 0.0897. The van der Waals surface area contributed by atoms with Crippen LogP contribution in [0.5, 0.6) is 0 Å². The molecular formula is C34H36F3N3O6S2. The molecule has 9 nitrogen and oxygen atoms in total. The number of aliphatic hydroxyl groups excluding tert-OH is 1. The quantitative estimate of drug-likeness (QED) is 0.132. The van der Waals surface area contributed by atoms with E-state index in [9.17, 15) is 36.3 Å². The summed E-state index contributed by atoms with van der Waals surface area (Å²) in [6.45, 7) is 0.750. The Bertz CT molecular complexity index is 1730. The maximum atomic E-state index is 14.7. The molecule has 14 heteroatoms. The lowest BCUT2D eigenvalue weighted by Gasteiger charge is -2.29. The molecule has 0 fully saturated rings. The van der Waals surface area contributed by atoms with Crippen molar-refractivity contribution in [2.45, 2.75) is 48.3 Å². The first-order chi connectivity index (χ1) is 22.8. The number of thiophene rings is 1. The molecule has 3 aromatic carbocycles. The van der Waals surface area contributed by atoms with Gasteiger partial charge in [-0.3, -0.25) is 4.79 Å². The second kappa shape index (κ2) is 15.8. The Labute approximate surface area is 281 Å². The van der Waals surface area contributed by atoms with Crippen LogP contribution >= 0.6 is 11.3 Å². The predicted molar refractivity (Wildman–Crippen MR) is 177 cm³/mol. The van der Waals surface area contributed by atoms with E-state index in [1.165, 1.54) is 36.4 Å². The molecule has 0 bridgehead atoms. The van der Waals surface area contributed by atoms with E-state index >= 15 is 0 Å². The average molecular weight is 704 g/mol. The number of benzene rings is 3. The number of amides is 1. The van der Waals surface area contributed by atoms with Crippen LogP contribution in [0.1, 0.15) is 52.1 Å². The van der Waals surface area contributed by atoms with Crippen LogP contribution in [0, 0.1) is 0 Å². The van der Waals surface area contributed by atoms with Crippen molar-refractivity contribution in [1.29, 1.82) is 0 Å². The first-order valence-electron chi connectivity index (χ1n) is 14.9. The van der Waals surface area contributed by atoms with Crippen molar-refractivity contribution in [3.8, 4) is 0 Å². The van der Waals surface area contributed by atoms with Crippen molar-refractivity contribution in [3.63, 3.8) is 0 Å². The first-order valence-corrected chi connectivity index (χ1v) is 17.2. The monoisotopic (exact) mass is 703 g/mol. The van der Waals surface area contributed by atoms with Gasteiger partial charge in [-0.2, -0.15) is 17.5 Å². The molecule has 4 rings (SSSR count). The maximum Gasteiger partial charge on any atom is 0.407 e. The van der Waals surface area contributed by atoms with Gasteiger partial charge >= 0.3 is 12.3 Å². The number of nitrogens with two attached hydrogens (primary N) is 1. The lowest BCUT2D eigenvalue weighted by Crippen LogP contribution is -2.46. The molecular weight excluding hydrogens is 668 g/mol. The van der Waals surface area contributed by atoms with E-state index in [0.29, 0.717) is 28.2 Å². The molecule has 0 aliphatic carbocycles. The number of carbonyl (C=O) groups excluding carboxylic acids is 2. The van der Waals surface area contributed by atoms with Crippen molar-refractivity contribution >= 4 is 38.9 Å². The number of nitrogens with one attached hydrogen (secondary N) is 1. The lowest BCUT2D eigenvalue weighted by molar-refractivity contribution is -0.156. The van der Waals surface area contributed by atoms with Crippen LogP contribution in [0.25, 0.3) is 0 Å². The van der Waals surface area contributed by atoms with Crippen LogP contribution in [0.3, 0.4) is 0 Å². The minimum atomic E-state index is -4.89. The van der Waals surface area contributed by atoms with E-state index in [1.807, 2.05) is 0 Å². The van der Waals surface area contributed by atoms with Crippen molar-refractivity contribution < 1.29 is 41.0 Å². The Hall–Kier alpha value is -4.24. The average Bonchev–Trinajstić information content (AvgIpc) is 3.55. The van der Waals surface area contributed by atoms with Gasteiger partial charge in [0, 0.05) is 34.3 Å². The van der Waals surface area contributed by atoms with Gasteiger partial charge in [0.25, 0.3) is 0 Å². The predicted octanol–water partition coefficient (Wildman–Crippen LogP) is 6.24. The molecule has 0 spiro atoms. The Morgan fingerprint density at radius 3 is 1.94 bits per heavy atom. The number of carbonyl (C=O) groups is 2. The standard InChI is InChI=1S/C34H36F3N3O6S2/c1-3-40(48(44,45)25-16-14-24(38)15-17-25)27(21-41)30-19-18-29(47-30)26(34(35,36)37)20-28(42)32(39-33(43)46-2)31(22-10-6-4-7-11-22)23-12-8-5-9-13-23/h4-19,26-27,31-32,41H,3,20-21,38H2,1-2H3,(H,39,43)/t26-,27-,32-/m1/s1. The number of rotatable bonds is 14. The molecule has 0 saturated heterocycles. The number of aliphatic hydroxyl groups is 1. The van der Waals surface area contributed by atoms with E-state index in [1.54, 1.807) is 67.6 Å². The van der Waals surface area contributed by atoms with Crippen LogP contribution in [0.2, 0.25) is 0 Å². The van der Waals surface area contributed by atoms with Gasteiger partial charge in [-0.05, 0) is 47.5 Å². The van der Waals surface area contributed by atoms with E-state index in [4.69, 9.17) is 10.5 Å². The molecule has 0 unspecified atom stereocenters. The number of alkyl carbamates (subject to hydrolysis) is 1. The number of ketones is 1. The van der Waals surface area contributed by atoms with Gasteiger partial charge in [0.2, 0.25) is 10.0 Å². The molecule has 0 radical (unpaired) electrons. The molecule has 0 aliphatic heterocycles. The number of alkyl halides is 3. The normalized spacial score (nSPS) is 14.0. The number of hydrogen-bond donors (Lipinski definition) is 3. The summed E-state index contributed by atoms with van der Waals surface area (Å²) in [5.74, 6) is -4.03. The highest BCUT2D eigenvalue weighted by molar-refractivity contribution is 7.89. The zero-order valence-corrected chi connectivity index (χ0v) is 27.8. The van der Waals surface area contributed by atoms with Gasteiger partial charge < -0.3 is 20.9 Å². The van der Waals surface area contributed by atoms with Crippen LogP contribution in [-0.4, -0.2) is 62.2 Å². The molecule has 256 valence electrons. The summed E-state index contributed by atoms with van der Waals surface area (Å²) in [6.07, 6.45) is -6.91. The number of Topliss-reactive ketones (excluding diaryl/α,β-unsaturated/α-hetero) is 1. The van der Waals surface area contributed by atoms with Crippen molar-refractivity contribution in [3.05, 3.63) is 118 Å². The molecule has 3 atom stereocenters. The molecule has 1 amide bonds. The topological polar surface area (TPSA) is 139 Å². The van der Waals surface area contributed by atoms with E-state index in [0.717, 1.165) is 11.4 Å². The Morgan fingerprint density at radius 2 is 1.46 bits per heavy atom. The Morgan fingerprint density at radius 1 is 0.917 bits per heavy atom. The minimum Gasteiger partial charge on any atom is -0.453 e. The number of likely N-dealkylation sites (N-methyl/N-ethyl adjacent to an activating group) is 1. The van der Waals surface area contributed by atoms with Gasteiger partial charge in [-0.25, -0.2) is 13.2 Å². The highest BCUT2D eigenvalue weighted by atomic mass is 32.2. The van der Waals surface area contributed by atoms with E-state index in [2.05, 4.69) is 5.32 Å². The Kier molecular flexibility index (Phi) is 12.0. The third kappa shape index (κ3) is 8.42. The van der Waals surface area contributed by atoms with Crippen molar-refractivity contribution in [2.24, 2.45) is 0 Å². The van der Waals surface area contributed by atoms with Gasteiger partial charge in [0.1, 0.15) is 6.04 Å². The molecule has 0 saturated carbocycles. The Balaban J connectivity index is 1.71. The summed E-state index contributed by atoms with van der Waals surface area (Å²) in [5, 5.41) is 12.8. The number of anilines is 1. The summed E-state index contributed by atoms with van der Waals surface area (Å²) >= 11 is 0.661. The number of hydrogen-bond acceptors (Lipinski definition) is 8. The summed E-state index contributed by atoms with van der Waals surface area (Å²) in [7, 11) is -3.09. The molecule has 48 heavy (non-hydrogen) atoms. The maximum absolute atomic E-state index is 14.7. The van der Waals surface area contributed by atoms with Crippen LogP contribution in [-0.2, 0) is 19.6 Å². The third-order valence-electron chi connectivity index (χ3n) is 7.90. The molecule has 4 aromatic rings. The van der Waals surface area contributed by atoms with E-state index < -0.39 is 65.0 Å². The van der Waals surface area contributed by atoms with Gasteiger partial charge in [-0.1, -0.05) is 67.6 Å². The SMILES string of the molecule is CCN([C@H](CO)c1ccc([C@@H](CC(=O)[C@@H](NC(=O)OC)C(c2ccccc2)c2ccccc2)C(F)(F)F)s1)S(=O)(=O)c1ccc(N)cc1. The second-order valence-electron chi connectivity index (χ2n) is 10.9. The fourth-order valence-corrected chi connectivity index (χ4v) is 8.44. The number of nitrogens with zero attached hydrogens (tertiary/aromatic N) is 1. The molecule has 1 aromatic heterocycles. The zero-order valence-electron chi connectivity index (χ0n) is 26.1. The lowest BCUT2D eigenvalue weighted by atomic mass is 9.81. The van der Waals surface area contributed by atoms with Crippen LogP contribution in [0.4, 0.5) is 23.7 Å². The number of ether oxygens (including phenoxy) is 1. The van der Waals surface area contributed by atoms with Crippen LogP contribution < -0.4 is 11.1 Å². The fraction of sp³-hybridized carbons (Fsp3) is 0.294. The van der Waals surface area contributed by atoms with Gasteiger partial charge in [0.05, 0.1) is 30.6 Å². The summed E-state index contributed by atoms with van der Waals surface area (Å²) in [6, 6.07) is 22.6. The summed E-state index contributed by atoms with van der Waals surface area (Å²) in [5.41, 5.74) is 7.22. The summed E-state index contributed by atoms with van der Waals surface area (Å²) in [4.78, 5) is 26.2. The van der Waals surface area contributed by atoms with E-state index in [-0.39, 0.29) is 21.2 Å². The van der Waals surface area contributed by atoms with Crippen molar-refractivity contribution in [2.75, 3.05) is 26.0 Å². The number of sulfonamides is 1. The number of halogens is 3. The largest absolute Gasteiger partial charge is 0.453 e. The molecule has 0 aliphatic rings. The molecule has 1 heterocycles. The van der Waals surface area contributed by atoms with Gasteiger partial charge in [0.15, 0.2) is 5.78 Å². The second-order valence-corrected chi connectivity index (χ2v) is 13.9. The zero-order chi connectivity index (χ0) is 35.1.